The SMILES string of the molecule is CCCCNC(=O)[C@H](Cc1ccccc1)N(Cc1ccccc1)C(=O)CN(c1cccc(Cl)c1C)S(=O)(=O)c1ccccc1. The Labute approximate surface area is 265 Å². The summed E-state index contributed by atoms with van der Waals surface area (Å²) in [5.41, 5.74) is 2.51. The first-order valence-corrected chi connectivity index (χ1v) is 16.5. The largest absolute Gasteiger partial charge is 0.354 e. The molecule has 2 amide bonds. The van der Waals surface area contributed by atoms with Crippen LogP contribution < -0.4 is 9.62 Å². The Bertz CT molecular complexity index is 1630. The number of unbranched alkanes of at least 4 members (excludes halogenated alkanes) is 1. The number of benzene rings is 4. The van der Waals surface area contributed by atoms with Gasteiger partial charge in [-0.2, -0.15) is 0 Å². The third kappa shape index (κ3) is 8.27. The molecule has 230 valence electrons. The first-order chi connectivity index (χ1) is 21.2. The highest BCUT2D eigenvalue weighted by molar-refractivity contribution is 7.92. The van der Waals surface area contributed by atoms with Gasteiger partial charge >= 0.3 is 0 Å². The number of hydrogen-bond acceptors (Lipinski definition) is 4. The molecule has 0 saturated heterocycles. The number of sulfonamides is 1. The average molecular weight is 632 g/mol. The molecule has 4 aromatic rings. The first-order valence-electron chi connectivity index (χ1n) is 14.7. The number of anilines is 1. The molecule has 0 aliphatic heterocycles. The summed E-state index contributed by atoms with van der Waals surface area (Å²) in [7, 11) is -4.19. The van der Waals surface area contributed by atoms with Crippen molar-refractivity contribution in [2.75, 3.05) is 17.4 Å². The third-order valence-electron chi connectivity index (χ3n) is 7.41. The minimum Gasteiger partial charge on any atom is -0.354 e. The van der Waals surface area contributed by atoms with Crippen molar-refractivity contribution in [2.24, 2.45) is 0 Å². The van der Waals surface area contributed by atoms with Crippen molar-refractivity contribution in [3.63, 3.8) is 0 Å². The molecule has 0 saturated carbocycles. The van der Waals surface area contributed by atoms with Crippen molar-refractivity contribution in [1.29, 1.82) is 0 Å². The second-order valence-electron chi connectivity index (χ2n) is 10.6. The monoisotopic (exact) mass is 631 g/mol. The zero-order valence-corrected chi connectivity index (χ0v) is 26.6. The summed E-state index contributed by atoms with van der Waals surface area (Å²) in [6.45, 7) is 3.82. The zero-order chi connectivity index (χ0) is 31.5. The number of nitrogens with zero attached hydrogens (tertiary/aromatic N) is 2. The summed E-state index contributed by atoms with van der Waals surface area (Å²) in [6, 6.07) is 31.0. The number of amides is 2. The van der Waals surface area contributed by atoms with Crippen molar-refractivity contribution in [3.05, 3.63) is 131 Å². The van der Waals surface area contributed by atoms with E-state index in [1.165, 1.54) is 17.0 Å². The van der Waals surface area contributed by atoms with Crippen LogP contribution in [0.1, 0.15) is 36.5 Å². The van der Waals surface area contributed by atoms with E-state index in [9.17, 15) is 18.0 Å². The molecule has 44 heavy (non-hydrogen) atoms. The maximum Gasteiger partial charge on any atom is 0.264 e. The molecule has 0 unspecified atom stereocenters. The fourth-order valence-corrected chi connectivity index (χ4v) is 6.60. The minimum atomic E-state index is -4.19. The van der Waals surface area contributed by atoms with Crippen molar-refractivity contribution in [1.82, 2.24) is 10.2 Å². The Hall–Kier alpha value is -4.14. The molecule has 0 radical (unpaired) electrons. The highest BCUT2D eigenvalue weighted by atomic mass is 35.5. The highest BCUT2D eigenvalue weighted by Gasteiger charge is 2.35. The van der Waals surface area contributed by atoms with Crippen molar-refractivity contribution >= 4 is 39.1 Å². The molecule has 4 rings (SSSR count). The van der Waals surface area contributed by atoms with E-state index in [4.69, 9.17) is 11.6 Å². The normalized spacial score (nSPS) is 11.9. The first kappa shape index (κ1) is 32.8. The van der Waals surface area contributed by atoms with Crippen LogP contribution in [0.2, 0.25) is 5.02 Å². The van der Waals surface area contributed by atoms with E-state index in [-0.39, 0.29) is 23.8 Å². The number of nitrogens with one attached hydrogen (secondary N) is 1. The lowest BCUT2D eigenvalue weighted by Crippen LogP contribution is -2.53. The minimum absolute atomic E-state index is 0.0416. The predicted molar refractivity (Wildman–Crippen MR) is 176 cm³/mol. The lowest BCUT2D eigenvalue weighted by molar-refractivity contribution is -0.140. The van der Waals surface area contributed by atoms with Crippen LogP contribution in [-0.4, -0.2) is 44.3 Å². The van der Waals surface area contributed by atoms with Gasteiger partial charge < -0.3 is 10.2 Å². The van der Waals surface area contributed by atoms with Crippen molar-refractivity contribution < 1.29 is 18.0 Å². The Morgan fingerprint density at radius 2 is 1.41 bits per heavy atom. The number of rotatable bonds is 14. The number of carbonyl (C=O) groups excluding carboxylic acids is 2. The molecule has 0 bridgehead atoms. The molecule has 1 N–H and O–H groups in total. The molecular formula is C35H38ClN3O4S. The van der Waals surface area contributed by atoms with Gasteiger partial charge in [-0.15, -0.1) is 0 Å². The number of hydrogen-bond donors (Lipinski definition) is 1. The molecule has 7 nitrogen and oxygen atoms in total. The Morgan fingerprint density at radius 3 is 2.02 bits per heavy atom. The summed E-state index contributed by atoms with van der Waals surface area (Å²) in [5, 5.41) is 3.38. The molecule has 0 aliphatic carbocycles. The quantitative estimate of drug-likeness (QED) is 0.163. The predicted octanol–water partition coefficient (Wildman–Crippen LogP) is 6.40. The van der Waals surface area contributed by atoms with Crippen molar-refractivity contribution in [3.8, 4) is 0 Å². The van der Waals surface area contributed by atoms with Gasteiger partial charge in [0.25, 0.3) is 10.0 Å². The zero-order valence-electron chi connectivity index (χ0n) is 25.0. The van der Waals surface area contributed by atoms with Gasteiger partial charge in [-0.3, -0.25) is 13.9 Å². The molecule has 0 aliphatic rings. The van der Waals surface area contributed by atoms with Gasteiger partial charge in [0, 0.05) is 24.5 Å². The van der Waals surface area contributed by atoms with E-state index in [0.29, 0.717) is 22.8 Å². The van der Waals surface area contributed by atoms with Crippen LogP contribution >= 0.6 is 11.6 Å². The lowest BCUT2D eigenvalue weighted by atomic mass is 10.0. The van der Waals surface area contributed by atoms with Gasteiger partial charge in [0.2, 0.25) is 11.8 Å². The Balaban J connectivity index is 1.80. The second kappa shape index (κ2) is 15.5. The van der Waals surface area contributed by atoms with Gasteiger partial charge in [-0.1, -0.05) is 110 Å². The van der Waals surface area contributed by atoms with Crippen LogP contribution in [0, 0.1) is 6.92 Å². The van der Waals surface area contributed by atoms with E-state index in [1.54, 1.807) is 43.3 Å². The smallest absolute Gasteiger partial charge is 0.264 e. The summed E-state index contributed by atoms with van der Waals surface area (Å²) >= 11 is 6.43. The maximum atomic E-state index is 14.5. The summed E-state index contributed by atoms with van der Waals surface area (Å²) in [4.78, 5) is 29.8. The Kier molecular flexibility index (Phi) is 11.6. The second-order valence-corrected chi connectivity index (χ2v) is 12.8. The van der Waals surface area contributed by atoms with Gasteiger partial charge in [-0.25, -0.2) is 8.42 Å². The van der Waals surface area contributed by atoms with E-state index in [1.807, 2.05) is 67.6 Å². The highest BCUT2D eigenvalue weighted by Crippen LogP contribution is 2.31. The topological polar surface area (TPSA) is 86.8 Å². The molecule has 4 aromatic carbocycles. The molecule has 0 aromatic heterocycles. The Morgan fingerprint density at radius 1 is 0.818 bits per heavy atom. The van der Waals surface area contributed by atoms with Gasteiger partial charge in [-0.05, 0) is 54.3 Å². The maximum absolute atomic E-state index is 14.5. The van der Waals surface area contributed by atoms with Gasteiger partial charge in [0.05, 0.1) is 10.6 Å². The number of halogens is 1. The van der Waals surface area contributed by atoms with Crippen LogP contribution in [-0.2, 0) is 32.6 Å². The molecule has 0 fully saturated rings. The van der Waals surface area contributed by atoms with Crippen LogP contribution in [0.4, 0.5) is 5.69 Å². The summed E-state index contributed by atoms with van der Waals surface area (Å²) < 4.78 is 29.3. The molecule has 0 spiro atoms. The fraction of sp³-hybridized carbons (Fsp3) is 0.257. The average Bonchev–Trinajstić information content (AvgIpc) is 3.04. The van der Waals surface area contributed by atoms with E-state index in [2.05, 4.69) is 5.32 Å². The van der Waals surface area contributed by atoms with Crippen LogP contribution in [0.15, 0.2) is 114 Å². The fourth-order valence-electron chi connectivity index (χ4n) is 4.94. The van der Waals surface area contributed by atoms with Crippen LogP contribution in [0.3, 0.4) is 0 Å². The van der Waals surface area contributed by atoms with E-state index >= 15 is 0 Å². The standard InChI is InChI=1S/C35H38ClN3O4S/c1-3-4-23-37-35(41)33(24-28-15-8-5-9-16-28)38(25-29-17-10-6-11-18-29)34(40)26-39(32-22-14-21-31(36)27(32)2)44(42,43)30-19-12-7-13-20-30/h5-22,33H,3-4,23-26H2,1-2H3,(H,37,41)/t33-/m0/s1. The summed E-state index contributed by atoms with van der Waals surface area (Å²) in [6.07, 6.45) is 1.97. The van der Waals surface area contributed by atoms with Crippen LogP contribution in [0.25, 0.3) is 0 Å². The van der Waals surface area contributed by atoms with Gasteiger partial charge in [0.15, 0.2) is 0 Å². The molecule has 0 heterocycles. The third-order valence-corrected chi connectivity index (χ3v) is 9.60. The van der Waals surface area contributed by atoms with E-state index < -0.39 is 28.5 Å². The van der Waals surface area contributed by atoms with Crippen molar-refractivity contribution in [2.45, 2.75) is 50.6 Å². The lowest BCUT2D eigenvalue weighted by Gasteiger charge is -2.34. The van der Waals surface area contributed by atoms with E-state index in [0.717, 1.165) is 28.3 Å². The molecule has 1 atom stereocenters. The molecule has 9 heteroatoms. The number of carbonyl (C=O) groups is 2. The van der Waals surface area contributed by atoms with Crippen LogP contribution in [0.5, 0.6) is 0 Å². The summed E-state index contributed by atoms with van der Waals surface area (Å²) in [5.74, 6) is -0.803. The molecular weight excluding hydrogens is 594 g/mol. The van der Waals surface area contributed by atoms with Gasteiger partial charge in [0.1, 0.15) is 12.6 Å².